The lowest BCUT2D eigenvalue weighted by molar-refractivity contribution is -0.116. The molecule has 0 aliphatic carbocycles. The molecule has 0 N–H and O–H groups in total. The molecule has 0 saturated carbocycles. The van der Waals surface area contributed by atoms with E-state index in [1.54, 1.807) is 23.1 Å². The summed E-state index contributed by atoms with van der Waals surface area (Å²) in [4.78, 5) is 12.7. The number of para-hydroxylation sites is 1. The van der Waals surface area contributed by atoms with Gasteiger partial charge in [0, 0.05) is 13.0 Å². The second-order valence-corrected chi connectivity index (χ2v) is 3.16. The van der Waals surface area contributed by atoms with Crippen LogP contribution in [-0.4, -0.2) is 18.9 Å². The monoisotopic (exact) mass is 179 g/mol. The number of halogens is 1. The minimum absolute atomic E-state index is 0.184. The number of ketones is 1. The molecule has 1 heterocycles. The average Bonchev–Trinajstić information content (AvgIpc) is 2.53. The van der Waals surface area contributed by atoms with Crippen molar-refractivity contribution in [3.8, 4) is 0 Å². The molecule has 0 radical (unpaired) electrons. The molecule has 1 aliphatic heterocycles. The van der Waals surface area contributed by atoms with Gasteiger partial charge in [-0.15, -0.1) is 0 Å². The first-order valence-electron chi connectivity index (χ1n) is 4.28. The molecule has 13 heavy (non-hydrogen) atoms. The highest BCUT2D eigenvalue weighted by molar-refractivity contribution is 5.87. The second kappa shape index (κ2) is 3.17. The van der Waals surface area contributed by atoms with Crippen LogP contribution >= 0.6 is 0 Å². The predicted octanol–water partition coefficient (Wildman–Crippen LogP) is 1.60. The van der Waals surface area contributed by atoms with E-state index in [9.17, 15) is 9.18 Å². The van der Waals surface area contributed by atoms with Crippen LogP contribution < -0.4 is 4.90 Å². The number of nitrogens with zero attached hydrogens (tertiary/aromatic N) is 1. The Labute approximate surface area is 76.0 Å². The predicted molar refractivity (Wildman–Crippen MR) is 48.2 cm³/mol. The van der Waals surface area contributed by atoms with Crippen molar-refractivity contribution in [3.63, 3.8) is 0 Å². The first-order valence-corrected chi connectivity index (χ1v) is 4.28. The Balaban J connectivity index is 2.26. The Morgan fingerprint density at radius 1 is 1.31 bits per heavy atom. The molecule has 1 aromatic rings. The summed E-state index contributed by atoms with van der Waals surface area (Å²) in [5.41, 5.74) is 0.536. The third-order valence-corrected chi connectivity index (χ3v) is 2.22. The summed E-state index contributed by atoms with van der Waals surface area (Å²) in [6, 6.07) is 6.55. The SMILES string of the molecule is O=C1CCN(c2ccccc2F)C1. The summed E-state index contributed by atoms with van der Waals surface area (Å²) in [6.07, 6.45) is 0.536. The Morgan fingerprint density at radius 3 is 2.69 bits per heavy atom. The van der Waals surface area contributed by atoms with Gasteiger partial charge in [-0.25, -0.2) is 4.39 Å². The molecular weight excluding hydrogens is 169 g/mol. The fourth-order valence-corrected chi connectivity index (χ4v) is 1.54. The van der Waals surface area contributed by atoms with E-state index in [-0.39, 0.29) is 11.6 Å². The molecule has 1 saturated heterocycles. The van der Waals surface area contributed by atoms with Crippen molar-refractivity contribution in [2.75, 3.05) is 18.0 Å². The molecule has 0 aromatic heterocycles. The number of anilines is 1. The van der Waals surface area contributed by atoms with Crippen molar-refractivity contribution in [2.24, 2.45) is 0 Å². The smallest absolute Gasteiger partial charge is 0.153 e. The quantitative estimate of drug-likeness (QED) is 0.652. The molecule has 1 fully saturated rings. The van der Waals surface area contributed by atoms with Crippen molar-refractivity contribution < 1.29 is 9.18 Å². The Kier molecular flexibility index (Phi) is 2.00. The van der Waals surface area contributed by atoms with Gasteiger partial charge in [0.2, 0.25) is 0 Å². The van der Waals surface area contributed by atoms with Gasteiger partial charge < -0.3 is 4.90 Å². The zero-order valence-corrected chi connectivity index (χ0v) is 7.16. The molecular formula is C10H10FNO. The highest BCUT2D eigenvalue weighted by atomic mass is 19.1. The molecule has 68 valence electrons. The molecule has 1 aromatic carbocycles. The second-order valence-electron chi connectivity index (χ2n) is 3.16. The summed E-state index contributed by atoms with van der Waals surface area (Å²) in [7, 11) is 0. The molecule has 0 amide bonds. The van der Waals surface area contributed by atoms with Crippen molar-refractivity contribution in [1.29, 1.82) is 0 Å². The van der Waals surface area contributed by atoms with Gasteiger partial charge in [-0.05, 0) is 12.1 Å². The molecule has 2 nitrogen and oxygen atoms in total. The molecule has 3 heteroatoms. The highest BCUT2D eigenvalue weighted by Gasteiger charge is 2.21. The zero-order valence-electron chi connectivity index (χ0n) is 7.16. The maximum atomic E-state index is 13.2. The standard InChI is InChI=1S/C10H10FNO/c11-9-3-1-2-4-10(9)12-6-5-8(13)7-12/h1-4H,5-7H2. The average molecular weight is 179 g/mol. The Morgan fingerprint density at radius 2 is 2.08 bits per heavy atom. The van der Waals surface area contributed by atoms with Gasteiger partial charge in [-0.3, -0.25) is 4.79 Å². The van der Waals surface area contributed by atoms with Gasteiger partial charge in [0.15, 0.2) is 5.78 Å². The van der Waals surface area contributed by atoms with Crippen LogP contribution in [0.1, 0.15) is 6.42 Å². The third-order valence-electron chi connectivity index (χ3n) is 2.22. The lowest BCUT2D eigenvalue weighted by Crippen LogP contribution is -2.20. The van der Waals surface area contributed by atoms with Crippen LogP contribution in [0.5, 0.6) is 0 Å². The van der Waals surface area contributed by atoms with E-state index in [2.05, 4.69) is 0 Å². The minimum atomic E-state index is -0.253. The maximum Gasteiger partial charge on any atom is 0.153 e. The number of benzene rings is 1. The van der Waals surface area contributed by atoms with E-state index >= 15 is 0 Å². The van der Waals surface area contributed by atoms with Gasteiger partial charge in [0.25, 0.3) is 0 Å². The topological polar surface area (TPSA) is 20.3 Å². The summed E-state index contributed by atoms with van der Waals surface area (Å²) < 4.78 is 13.2. The van der Waals surface area contributed by atoms with E-state index in [0.717, 1.165) is 0 Å². The number of carbonyl (C=O) groups excluding carboxylic acids is 1. The minimum Gasteiger partial charge on any atom is -0.361 e. The summed E-state index contributed by atoms with van der Waals surface area (Å²) in [5, 5.41) is 0. The van der Waals surface area contributed by atoms with Crippen LogP contribution in [0, 0.1) is 5.82 Å². The van der Waals surface area contributed by atoms with E-state index in [0.29, 0.717) is 25.2 Å². The summed E-state index contributed by atoms with van der Waals surface area (Å²) in [6.45, 7) is 0.987. The van der Waals surface area contributed by atoms with Crippen molar-refractivity contribution in [3.05, 3.63) is 30.1 Å². The first kappa shape index (κ1) is 8.23. The van der Waals surface area contributed by atoms with E-state index in [1.165, 1.54) is 6.07 Å². The van der Waals surface area contributed by atoms with Crippen LogP contribution in [0.3, 0.4) is 0 Å². The highest BCUT2D eigenvalue weighted by Crippen LogP contribution is 2.21. The van der Waals surface area contributed by atoms with E-state index < -0.39 is 0 Å². The number of hydrogen-bond donors (Lipinski definition) is 0. The van der Waals surface area contributed by atoms with E-state index in [1.807, 2.05) is 0 Å². The van der Waals surface area contributed by atoms with Crippen LogP contribution in [0.15, 0.2) is 24.3 Å². The first-order chi connectivity index (χ1) is 6.27. The largest absolute Gasteiger partial charge is 0.361 e. The van der Waals surface area contributed by atoms with Crippen molar-refractivity contribution in [1.82, 2.24) is 0 Å². The van der Waals surface area contributed by atoms with Crippen molar-refractivity contribution >= 4 is 11.5 Å². The molecule has 0 atom stereocenters. The number of Topliss-reactive ketones (excluding diaryl/α,β-unsaturated/α-hetero) is 1. The van der Waals surface area contributed by atoms with Gasteiger partial charge in [0.05, 0.1) is 12.2 Å². The third kappa shape index (κ3) is 1.54. The van der Waals surface area contributed by atoms with Crippen molar-refractivity contribution in [2.45, 2.75) is 6.42 Å². The lowest BCUT2D eigenvalue weighted by atomic mass is 10.3. The number of carbonyl (C=O) groups is 1. The van der Waals surface area contributed by atoms with Crippen LogP contribution in [0.25, 0.3) is 0 Å². The molecule has 0 unspecified atom stereocenters. The molecule has 0 spiro atoms. The Bertz CT molecular complexity index is 337. The normalized spacial score (nSPS) is 16.7. The summed E-state index contributed by atoms with van der Waals surface area (Å²) in [5.74, 6) is -0.0690. The number of hydrogen-bond acceptors (Lipinski definition) is 2. The fraction of sp³-hybridized carbons (Fsp3) is 0.300. The van der Waals surface area contributed by atoms with Crippen LogP contribution in [0.2, 0.25) is 0 Å². The molecule has 1 aliphatic rings. The van der Waals surface area contributed by atoms with Gasteiger partial charge >= 0.3 is 0 Å². The van der Waals surface area contributed by atoms with Gasteiger partial charge in [-0.1, -0.05) is 12.1 Å². The molecule has 2 rings (SSSR count). The van der Waals surface area contributed by atoms with Crippen LogP contribution in [-0.2, 0) is 4.79 Å². The number of rotatable bonds is 1. The Hall–Kier alpha value is -1.38. The molecule has 0 bridgehead atoms. The van der Waals surface area contributed by atoms with E-state index in [4.69, 9.17) is 0 Å². The van der Waals surface area contributed by atoms with Gasteiger partial charge in [-0.2, -0.15) is 0 Å². The zero-order chi connectivity index (χ0) is 9.26. The maximum absolute atomic E-state index is 13.2. The van der Waals surface area contributed by atoms with Crippen LogP contribution in [0.4, 0.5) is 10.1 Å². The van der Waals surface area contributed by atoms with Gasteiger partial charge in [0.1, 0.15) is 5.82 Å². The summed E-state index contributed by atoms with van der Waals surface area (Å²) >= 11 is 0. The lowest BCUT2D eigenvalue weighted by Gasteiger charge is -2.16. The fourth-order valence-electron chi connectivity index (χ4n) is 1.54.